The van der Waals surface area contributed by atoms with E-state index in [2.05, 4.69) is 31.6 Å². The largest absolute Gasteiger partial charge is 0.492 e. The lowest BCUT2D eigenvalue weighted by atomic mass is 9.96. The van der Waals surface area contributed by atoms with E-state index in [9.17, 15) is 46.3 Å². The first-order valence-corrected chi connectivity index (χ1v) is 21.5. The maximum Gasteiger partial charge on any atom is 0.419 e. The van der Waals surface area contributed by atoms with Gasteiger partial charge in [0.2, 0.25) is 11.8 Å². The third-order valence-electron chi connectivity index (χ3n) is 11.1. The van der Waals surface area contributed by atoms with Crippen molar-refractivity contribution < 1.29 is 65.3 Å². The number of hydrogen-bond donors (Lipinski definition) is 6. The zero-order valence-electron chi connectivity index (χ0n) is 37.4. The van der Waals surface area contributed by atoms with Crippen molar-refractivity contribution in [2.45, 2.75) is 63.7 Å². The molecule has 4 atom stereocenters. The Bertz CT molecular complexity index is 2770. The van der Waals surface area contributed by atoms with Gasteiger partial charge in [-0.05, 0) is 85.6 Å². The summed E-state index contributed by atoms with van der Waals surface area (Å²) in [5.41, 5.74) is 8.09. The lowest BCUT2D eigenvalue weighted by molar-refractivity contribution is -0.129. The normalized spacial score (nSPS) is 18.0. The fourth-order valence-electron chi connectivity index (χ4n) is 7.37. The molecule has 2 fully saturated rings. The number of carbonyl (C=O) groups is 6. The van der Waals surface area contributed by atoms with Crippen LogP contribution in [-0.4, -0.2) is 83.9 Å². The Morgan fingerprint density at radius 3 is 1.71 bits per heavy atom. The number of nitrogens with one attached hydrogen (secondary N) is 5. The van der Waals surface area contributed by atoms with Gasteiger partial charge in [-0.25, -0.2) is 36.7 Å². The van der Waals surface area contributed by atoms with Crippen LogP contribution >= 0.6 is 12.4 Å². The highest BCUT2D eigenvalue weighted by atomic mass is 35.5. The van der Waals surface area contributed by atoms with Crippen LogP contribution in [0, 0.1) is 37.1 Å². The van der Waals surface area contributed by atoms with E-state index in [4.69, 9.17) is 24.7 Å². The van der Waals surface area contributed by atoms with Crippen molar-refractivity contribution in [3.63, 3.8) is 0 Å². The summed E-state index contributed by atoms with van der Waals surface area (Å²) < 4.78 is 77.7. The number of β-lactam (4-membered cyclic amide) rings is 2. The number of aromatic nitrogens is 2. The minimum absolute atomic E-state index is 0. The summed E-state index contributed by atoms with van der Waals surface area (Å²) in [5, 5.41) is 13.1. The number of imidazole rings is 1. The molecular weight excluding hydrogens is 948 g/mol. The van der Waals surface area contributed by atoms with E-state index >= 15 is 0 Å². The van der Waals surface area contributed by atoms with E-state index in [-0.39, 0.29) is 109 Å². The average molecular weight is 995 g/mol. The maximum atomic E-state index is 14.7. The summed E-state index contributed by atoms with van der Waals surface area (Å²) in [6, 6.07) is 11.9. The fourth-order valence-corrected chi connectivity index (χ4v) is 7.37. The van der Waals surface area contributed by atoms with E-state index in [0.717, 1.165) is 6.07 Å². The molecule has 9 rings (SSSR count). The topological polar surface area (TPSA) is 243 Å². The highest BCUT2D eigenvalue weighted by molar-refractivity contribution is 6.07. The van der Waals surface area contributed by atoms with Crippen LogP contribution in [-0.2, 0) is 19.1 Å². The standard InChI is InChI=1S/C22H21F2N3O5.C17H16F2N2O2.C8H9N3O3.ClH/c1-11-8-12(2-4-15(11)23)26-21(29)14-3-5-16(24)19-17(6-7-31-20(14)19)27-22(30)32-10-13-9-18(28)25-13;1-9-8-10(2-4-12(9)18)21-17(22)11-3-5-13(19)15-14(20)6-7-23-16(11)15;12-7-3-6(10-7)4-14-8(13)11-2-1-9-5-11;/h2-5,8,13,17H,6-7,9-10H2,1H3,(H,25,28)(H,26,29)(H,27,30);2-5,8,14H,6-7,20H2,1H3,(H,21,22);1-2,5-6H,3-4H2,(H,10,12);1H/t13-,17-;14-;6-;/m000./s1. The molecule has 18 nitrogen and oxygen atoms in total. The van der Waals surface area contributed by atoms with Crippen LogP contribution < -0.4 is 41.8 Å². The number of nitrogens with two attached hydrogens (primary N) is 1. The van der Waals surface area contributed by atoms with Gasteiger partial charge in [-0.3, -0.25) is 19.2 Å². The summed E-state index contributed by atoms with van der Waals surface area (Å²) >= 11 is 0. The maximum absolute atomic E-state index is 14.7. The van der Waals surface area contributed by atoms with E-state index in [1.54, 1.807) is 13.8 Å². The van der Waals surface area contributed by atoms with Gasteiger partial charge in [-0.1, -0.05) is 0 Å². The molecule has 0 radical (unpaired) electrons. The first-order chi connectivity index (χ1) is 33.0. The molecule has 1 aromatic heterocycles. The van der Waals surface area contributed by atoms with E-state index < -0.39 is 53.5 Å². The Morgan fingerprint density at radius 1 is 0.729 bits per heavy atom. The number of carbonyl (C=O) groups excluding carboxylic acids is 6. The Balaban J connectivity index is 0.000000184. The number of aryl methyl sites for hydroxylation is 2. The number of amides is 5. The lowest BCUT2D eigenvalue weighted by Crippen LogP contribution is -2.51. The first kappa shape index (κ1) is 51.7. The number of hydrogen-bond acceptors (Lipinski definition) is 12. The predicted molar refractivity (Wildman–Crippen MR) is 245 cm³/mol. The van der Waals surface area contributed by atoms with Gasteiger partial charge in [0.25, 0.3) is 11.8 Å². The molecule has 4 aromatic carbocycles. The molecule has 0 saturated carbocycles. The molecule has 5 heterocycles. The van der Waals surface area contributed by atoms with Gasteiger partial charge in [0.1, 0.15) is 54.3 Å². The quantitative estimate of drug-likeness (QED) is 0.0690. The highest BCUT2D eigenvalue weighted by Crippen LogP contribution is 2.38. The van der Waals surface area contributed by atoms with Crippen LogP contribution in [0.1, 0.15) is 80.7 Å². The number of halogens is 5. The molecule has 4 aliphatic rings. The van der Waals surface area contributed by atoms with Gasteiger partial charge in [-0.2, -0.15) is 0 Å². The molecule has 0 unspecified atom stereocenters. The third-order valence-corrected chi connectivity index (χ3v) is 11.1. The zero-order chi connectivity index (χ0) is 49.4. The summed E-state index contributed by atoms with van der Waals surface area (Å²) in [6.45, 7) is 3.87. The molecule has 70 heavy (non-hydrogen) atoms. The number of anilines is 2. The second-order valence-electron chi connectivity index (χ2n) is 16.2. The summed E-state index contributed by atoms with van der Waals surface area (Å²) in [5.74, 6) is -2.79. The van der Waals surface area contributed by atoms with Crippen molar-refractivity contribution in [2.75, 3.05) is 37.1 Å². The van der Waals surface area contributed by atoms with Crippen molar-refractivity contribution in [3.8, 4) is 11.5 Å². The van der Waals surface area contributed by atoms with Crippen molar-refractivity contribution in [1.29, 1.82) is 0 Å². The Kier molecular flexibility index (Phi) is 17.0. The molecule has 7 N–H and O–H groups in total. The molecule has 2 saturated heterocycles. The van der Waals surface area contributed by atoms with Gasteiger partial charge in [0.05, 0.1) is 60.9 Å². The van der Waals surface area contributed by atoms with Gasteiger partial charge >= 0.3 is 12.2 Å². The highest BCUT2D eigenvalue weighted by Gasteiger charge is 2.33. The van der Waals surface area contributed by atoms with E-state index in [1.165, 1.54) is 77.9 Å². The fraction of sp³-hybridized carbons (Fsp3) is 0.298. The van der Waals surface area contributed by atoms with Crippen molar-refractivity contribution in [1.82, 2.24) is 25.5 Å². The molecular formula is C47H47ClF4N8O10. The SMILES string of the molecule is Cc1cc(NC(=O)c2ccc(F)c3c2OCC[C@@H]3N)ccc1F.Cc1cc(NC(=O)c2ccc(F)c3c2OCC[C@@H]3NC(=O)OC[C@@H]2CC(=O)N2)ccc1F.Cl.O=C1C[C@@H](COC(=O)n2ccnc2)N1. The van der Waals surface area contributed by atoms with Gasteiger partial charge in [0.15, 0.2) is 0 Å². The number of rotatable bonds is 9. The van der Waals surface area contributed by atoms with Crippen LogP contribution in [0.2, 0.25) is 0 Å². The Hall–Kier alpha value is -7.72. The number of nitrogens with zero attached hydrogens (tertiary/aromatic N) is 2. The molecule has 0 bridgehead atoms. The predicted octanol–water partition coefficient (Wildman–Crippen LogP) is 6.45. The molecule has 0 aliphatic carbocycles. The Morgan fingerprint density at radius 2 is 1.21 bits per heavy atom. The number of alkyl carbamates (subject to hydrolysis) is 1. The van der Waals surface area contributed by atoms with Crippen LogP contribution in [0.4, 0.5) is 38.5 Å². The lowest BCUT2D eigenvalue weighted by Gasteiger charge is -2.29. The van der Waals surface area contributed by atoms with Gasteiger partial charge in [0, 0.05) is 48.2 Å². The molecule has 0 spiro atoms. The second kappa shape index (κ2) is 23.1. The van der Waals surface area contributed by atoms with Gasteiger partial charge < -0.3 is 51.3 Å². The first-order valence-electron chi connectivity index (χ1n) is 21.5. The minimum Gasteiger partial charge on any atom is -0.492 e. The molecule has 5 aromatic rings. The van der Waals surface area contributed by atoms with Crippen LogP contribution in [0.15, 0.2) is 79.4 Å². The third kappa shape index (κ3) is 12.7. The van der Waals surface area contributed by atoms with Crippen molar-refractivity contribution in [3.05, 3.63) is 136 Å². The van der Waals surface area contributed by atoms with Crippen molar-refractivity contribution in [2.24, 2.45) is 5.73 Å². The average Bonchev–Trinajstić information content (AvgIpc) is 3.85. The Labute approximate surface area is 403 Å². The van der Waals surface area contributed by atoms with E-state index in [0.29, 0.717) is 42.0 Å². The zero-order valence-corrected chi connectivity index (χ0v) is 38.3. The number of ether oxygens (including phenoxy) is 4. The molecule has 23 heteroatoms. The minimum atomic E-state index is -0.764. The van der Waals surface area contributed by atoms with Crippen LogP contribution in [0.5, 0.6) is 11.5 Å². The second-order valence-corrected chi connectivity index (χ2v) is 16.2. The van der Waals surface area contributed by atoms with Gasteiger partial charge in [-0.15, -0.1) is 12.4 Å². The summed E-state index contributed by atoms with van der Waals surface area (Å²) in [6.07, 6.45) is 4.60. The van der Waals surface area contributed by atoms with Crippen LogP contribution in [0.25, 0.3) is 0 Å². The number of fused-ring (bicyclic) bond motifs is 2. The molecule has 4 aliphatic heterocycles. The summed E-state index contributed by atoms with van der Waals surface area (Å²) in [7, 11) is 0. The summed E-state index contributed by atoms with van der Waals surface area (Å²) in [4.78, 5) is 73.8. The number of benzene rings is 4. The smallest absolute Gasteiger partial charge is 0.419 e. The monoisotopic (exact) mass is 994 g/mol. The van der Waals surface area contributed by atoms with E-state index in [1.807, 2.05) is 0 Å². The molecule has 5 amide bonds. The van der Waals surface area contributed by atoms with Crippen LogP contribution in [0.3, 0.4) is 0 Å². The molecule has 370 valence electrons. The van der Waals surface area contributed by atoms with Crippen molar-refractivity contribution >= 4 is 59.6 Å².